The van der Waals surface area contributed by atoms with Gasteiger partial charge in [-0.3, -0.25) is 4.55 Å². The number of carbonyl (C=O) groups excluding carboxylic acids is 4. The quantitative estimate of drug-likeness (QED) is 0.0106. The number of rotatable bonds is 47. The summed E-state index contributed by atoms with van der Waals surface area (Å²) in [5.41, 5.74) is 2.32. The van der Waals surface area contributed by atoms with Crippen LogP contribution in [0.1, 0.15) is 204 Å². The molecule has 0 amide bonds. The predicted molar refractivity (Wildman–Crippen MR) is 317 cm³/mol. The van der Waals surface area contributed by atoms with Gasteiger partial charge in [-0.1, -0.05) is 155 Å². The molecule has 0 saturated heterocycles. The first kappa shape index (κ1) is 68.9. The monoisotopic (exact) mass is 1140 g/mol. The molecule has 0 radical (unpaired) electrons. The van der Waals surface area contributed by atoms with Crippen LogP contribution in [0.4, 0.5) is 11.4 Å². The third kappa shape index (κ3) is 32.0. The molecule has 3 aromatic carbocycles. The van der Waals surface area contributed by atoms with Gasteiger partial charge in [-0.2, -0.15) is 18.6 Å². The van der Waals surface area contributed by atoms with Gasteiger partial charge in [-0.25, -0.2) is 19.2 Å². The van der Waals surface area contributed by atoms with E-state index in [-0.39, 0.29) is 34.1 Å². The molecule has 0 spiro atoms. The lowest BCUT2D eigenvalue weighted by molar-refractivity contribution is -0.139. The Kier molecular flexibility index (Phi) is 35.4. The summed E-state index contributed by atoms with van der Waals surface area (Å²) in [4.78, 5) is 48.5. The van der Waals surface area contributed by atoms with Crippen molar-refractivity contribution in [2.24, 2.45) is 10.2 Å². The molecule has 0 aromatic heterocycles. The fourth-order valence-electron chi connectivity index (χ4n) is 8.33. The second-order valence-electron chi connectivity index (χ2n) is 20.7. The van der Waals surface area contributed by atoms with Crippen molar-refractivity contribution in [2.45, 2.75) is 199 Å². The molecule has 3 aromatic rings. The van der Waals surface area contributed by atoms with Crippen LogP contribution in [0, 0.1) is 0 Å². The molecule has 3 rings (SSSR count). The fraction of sp³-hybridized carbons (Fsp3) is 0.562. The average Bonchev–Trinajstić information content (AvgIpc) is 3.45. The molecule has 81 heavy (non-hydrogen) atoms. The summed E-state index contributed by atoms with van der Waals surface area (Å²) in [6.45, 7) is 18.4. The van der Waals surface area contributed by atoms with Crippen molar-refractivity contribution >= 4 is 45.4 Å². The lowest BCUT2D eigenvalue weighted by atomic mass is 10.1. The molecule has 448 valence electrons. The summed E-state index contributed by atoms with van der Waals surface area (Å²) in [6.07, 6.45) is 27.6. The summed E-state index contributed by atoms with van der Waals surface area (Å²) >= 11 is 0. The normalized spacial score (nSPS) is 11.3. The van der Waals surface area contributed by atoms with Gasteiger partial charge in [-0.05, 0) is 120 Å². The molecule has 17 heteroatoms. The summed E-state index contributed by atoms with van der Waals surface area (Å²) < 4.78 is 73.0. The molecule has 0 bridgehead atoms. The Bertz CT molecular complexity index is 2430. The maximum absolute atomic E-state index is 14.0. The highest BCUT2D eigenvalue weighted by Crippen LogP contribution is 2.40. The first-order chi connectivity index (χ1) is 39.0. The fourth-order valence-corrected chi connectivity index (χ4v) is 8.81. The van der Waals surface area contributed by atoms with E-state index >= 15 is 0 Å². The smallest absolute Gasteiger partial charge is 0.343 e. The lowest BCUT2D eigenvalue weighted by Gasteiger charge is -2.19. The number of hydrogen-bond acceptors (Lipinski definition) is 15. The van der Waals surface area contributed by atoms with Crippen LogP contribution in [-0.4, -0.2) is 76.5 Å². The van der Waals surface area contributed by atoms with Crippen LogP contribution < -0.4 is 18.9 Å². The van der Waals surface area contributed by atoms with E-state index in [1.165, 1.54) is 24.3 Å². The van der Waals surface area contributed by atoms with Crippen LogP contribution in [0.3, 0.4) is 0 Å². The van der Waals surface area contributed by atoms with E-state index in [0.29, 0.717) is 85.0 Å². The van der Waals surface area contributed by atoms with Gasteiger partial charge in [0, 0.05) is 16.7 Å². The van der Waals surface area contributed by atoms with E-state index in [0.717, 1.165) is 173 Å². The molecule has 0 aliphatic carbocycles. The number of carbonyl (C=O) groups is 4. The third-order valence-corrected chi connectivity index (χ3v) is 14.0. The van der Waals surface area contributed by atoms with E-state index in [4.69, 9.17) is 33.2 Å². The summed E-state index contributed by atoms with van der Waals surface area (Å²) in [5.74, 6) is -0.0503. The van der Waals surface area contributed by atoms with Crippen molar-refractivity contribution in [3.05, 3.63) is 103 Å². The van der Waals surface area contributed by atoms with Gasteiger partial charge in [0.25, 0.3) is 10.1 Å². The highest BCUT2D eigenvalue weighted by molar-refractivity contribution is 7.85. The maximum atomic E-state index is 14.0. The second kappa shape index (κ2) is 41.6. The predicted octanol–water partition coefficient (Wildman–Crippen LogP) is 16.6. The van der Waals surface area contributed by atoms with Gasteiger partial charge in [-0.15, -0.1) is 0 Å². The number of azo groups is 1. The molecule has 0 aliphatic heterocycles. The number of benzene rings is 3. The Balaban J connectivity index is 1.66. The Morgan fingerprint density at radius 3 is 1.01 bits per heavy atom. The SMILES string of the molecule is C=C(C)C(=O)OCCCCCCCCCCCOc1cc(C(=O)Oc2ccc(N=Nc3ccc(S(=O)(=O)O)cc3)cc2)cc(OCCCCCCCCCCCOC(=O)C(=C)C)c1OCCCCCCCCCCCOC(=O)C(=C)C. The molecule has 0 heterocycles. The molecule has 0 aliphatic rings. The minimum absolute atomic E-state index is 0.236. The minimum atomic E-state index is -4.34. The van der Waals surface area contributed by atoms with Gasteiger partial charge in [0.15, 0.2) is 11.5 Å². The largest absolute Gasteiger partial charge is 0.490 e. The number of hydrogen-bond donors (Lipinski definition) is 1. The summed E-state index contributed by atoms with van der Waals surface area (Å²) in [7, 11) is -4.34. The molecular weight excluding hydrogens is 1050 g/mol. The van der Waals surface area contributed by atoms with Crippen LogP contribution in [0.5, 0.6) is 23.0 Å². The Labute approximate surface area is 483 Å². The van der Waals surface area contributed by atoms with E-state index in [1.54, 1.807) is 57.2 Å². The van der Waals surface area contributed by atoms with E-state index in [2.05, 4.69) is 30.0 Å². The molecule has 0 unspecified atom stereocenters. The van der Waals surface area contributed by atoms with Crippen LogP contribution >= 0.6 is 0 Å². The maximum Gasteiger partial charge on any atom is 0.343 e. The summed E-state index contributed by atoms with van der Waals surface area (Å²) in [6, 6.07) is 15.1. The van der Waals surface area contributed by atoms with E-state index in [9.17, 15) is 32.1 Å². The highest BCUT2D eigenvalue weighted by atomic mass is 32.2. The van der Waals surface area contributed by atoms with Crippen molar-refractivity contribution in [1.29, 1.82) is 0 Å². The zero-order chi connectivity index (χ0) is 58.9. The zero-order valence-electron chi connectivity index (χ0n) is 48.8. The van der Waals surface area contributed by atoms with Gasteiger partial charge in [0.1, 0.15) is 5.75 Å². The molecular formula is C64H92N2O14S. The van der Waals surface area contributed by atoms with Crippen molar-refractivity contribution in [3.8, 4) is 23.0 Å². The van der Waals surface area contributed by atoms with Gasteiger partial charge in [0.2, 0.25) is 5.75 Å². The average molecular weight is 1150 g/mol. The van der Waals surface area contributed by atoms with Crippen molar-refractivity contribution < 1.29 is 65.3 Å². The third-order valence-electron chi connectivity index (χ3n) is 13.1. The topological polar surface area (TPSA) is 212 Å². The Morgan fingerprint density at radius 2 is 0.704 bits per heavy atom. The van der Waals surface area contributed by atoms with E-state index < -0.39 is 16.1 Å². The summed E-state index contributed by atoms with van der Waals surface area (Å²) in [5, 5.41) is 8.33. The molecule has 0 fully saturated rings. The second-order valence-corrected chi connectivity index (χ2v) is 22.1. The van der Waals surface area contributed by atoms with Gasteiger partial charge >= 0.3 is 23.9 Å². The number of nitrogens with zero attached hydrogens (tertiary/aromatic N) is 2. The van der Waals surface area contributed by atoms with Gasteiger partial charge < -0.3 is 33.2 Å². The van der Waals surface area contributed by atoms with Crippen LogP contribution in [0.25, 0.3) is 0 Å². The molecule has 1 N–H and O–H groups in total. The number of unbranched alkanes of at least 4 members (excludes halogenated alkanes) is 24. The van der Waals surface area contributed by atoms with Crippen LogP contribution in [-0.2, 0) is 38.7 Å². The Morgan fingerprint density at radius 1 is 0.420 bits per heavy atom. The van der Waals surface area contributed by atoms with Crippen molar-refractivity contribution in [2.75, 3.05) is 39.6 Å². The Hall–Kier alpha value is -6.33. The first-order valence-electron chi connectivity index (χ1n) is 29.4. The van der Waals surface area contributed by atoms with Crippen molar-refractivity contribution in [3.63, 3.8) is 0 Å². The lowest BCUT2D eigenvalue weighted by Crippen LogP contribution is -2.12. The van der Waals surface area contributed by atoms with Crippen molar-refractivity contribution in [1.82, 2.24) is 0 Å². The first-order valence-corrected chi connectivity index (χ1v) is 30.8. The van der Waals surface area contributed by atoms with E-state index in [1.807, 2.05) is 0 Å². The highest BCUT2D eigenvalue weighted by Gasteiger charge is 2.21. The molecule has 0 atom stereocenters. The number of ether oxygens (including phenoxy) is 7. The molecule has 0 saturated carbocycles. The van der Waals surface area contributed by atoms with Gasteiger partial charge in [0.05, 0.1) is 61.5 Å². The standard InChI is InChI=1S/C64H92N2O14S/c1-50(2)61(67)77-45-31-25-19-13-7-10-16-22-28-42-74-58-48-53(64(70)80-56-38-34-54(35-39-56)65-66-55-36-40-57(41-37-55)81(71,72)73)49-59(75-43-29-23-17-11-8-14-20-26-32-46-78-62(68)51(3)4)60(58)76-44-30-24-18-12-9-15-21-27-33-47-79-63(69)52(5)6/h34-41,48-49H,1,3,5,7-33,42-47H2,2,4,6H3,(H,71,72,73). The van der Waals surface area contributed by atoms with Crippen LogP contribution in [0.15, 0.2) is 112 Å². The minimum Gasteiger partial charge on any atom is -0.490 e. The van der Waals surface area contributed by atoms with Crippen LogP contribution in [0.2, 0.25) is 0 Å². The molecule has 16 nitrogen and oxygen atoms in total. The number of esters is 4. The zero-order valence-corrected chi connectivity index (χ0v) is 49.6.